The lowest BCUT2D eigenvalue weighted by atomic mass is 9.96. The number of pyridine rings is 1. The zero-order chi connectivity index (χ0) is 38.7. The first-order valence-corrected chi connectivity index (χ1v) is 19.9. The van der Waals surface area contributed by atoms with Crippen LogP contribution in [-0.4, -0.2) is 14.1 Å². The molecule has 0 aliphatic rings. The predicted octanol–water partition coefficient (Wildman–Crippen LogP) is 14.6. The van der Waals surface area contributed by atoms with Gasteiger partial charge in [-0.2, -0.15) is 0 Å². The molecule has 274 valence electrons. The smallest absolute Gasteiger partial charge is 0.0541 e. The first kappa shape index (κ1) is 33.8. The highest BCUT2D eigenvalue weighted by Crippen LogP contribution is 2.37. The lowest BCUT2D eigenvalue weighted by Gasteiger charge is -2.12. The number of aromatic nitrogens is 3. The highest BCUT2D eigenvalue weighted by Gasteiger charge is 2.15. The summed E-state index contributed by atoms with van der Waals surface area (Å²) in [5.74, 6) is 0. The van der Waals surface area contributed by atoms with Gasteiger partial charge >= 0.3 is 0 Å². The van der Waals surface area contributed by atoms with Crippen LogP contribution in [0.1, 0.15) is 11.1 Å². The van der Waals surface area contributed by atoms with E-state index in [-0.39, 0.29) is 0 Å². The molecule has 0 spiro atoms. The Morgan fingerprint density at radius 1 is 0.293 bits per heavy atom. The minimum atomic E-state index is 1.09. The molecule has 3 nitrogen and oxygen atoms in total. The highest BCUT2D eigenvalue weighted by molar-refractivity contribution is 6.10. The lowest BCUT2D eigenvalue weighted by molar-refractivity contribution is 1.18. The molecule has 11 rings (SSSR count). The Labute approximate surface area is 337 Å². The third-order valence-corrected chi connectivity index (χ3v) is 11.7. The van der Waals surface area contributed by atoms with E-state index in [4.69, 9.17) is 4.98 Å². The topological polar surface area (TPSA) is 22.8 Å². The van der Waals surface area contributed by atoms with Crippen molar-refractivity contribution < 1.29 is 0 Å². The predicted molar refractivity (Wildman–Crippen MR) is 244 cm³/mol. The van der Waals surface area contributed by atoms with Gasteiger partial charge in [-0.1, -0.05) is 120 Å². The van der Waals surface area contributed by atoms with E-state index in [2.05, 4.69) is 211 Å². The zero-order valence-electron chi connectivity index (χ0n) is 32.4. The Balaban J connectivity index is 0.927. The number of benzene rings is 8. The number of hydrogen-bond acceptors (Lipinski definition) is 1. The second-order valence-corrected chi connectivity index (χ2v) is 15.5. The summed E-state index contributed by atoms with van der Waals surface area (Å²) in [4.78, 5) is 4.76. The van der Waals surface area contributed by atoms with Crippen molar-refractivity contribution in [3.05, 3.63) is 212 Å². The summed E-state index contributed by atoms with van der Waals surface area (Å²) >= 11 is 0. The normalized spacial score (nSPS) is 11.6. The molecule has 58 heavy (non-hydrogen) atoms. The van der Waals surface area contributed by atoms with Crippen LogP contribution in [0.25, 0.3) is 99.5 Å². The van der Waals surface area contributed by atoms with E-state index in [1.807, 2.05) is 12.4 Å². The molecular formula is C55H39N3. The van der Waals surface area contributed by atoms with Gasteiger partial charge in [0.15, 0.2) is 0 Å². The molecule has 0 bridgehead atoms. The van der Waals surface area contributed by atoms with Crippen molar-refractivity contribution in [1.82, 2.24) is 14.1 Å². The number of hydrogen-bond donors (Lipinski definition) is 0. The molecule has 0 unspecified atom stereocenters. The highest BCUT2D eigenvalue weighted by atomic mass is 15.0. The summed E-state index contributed by atoms with van der Waals surface area (Å²) in [5, 5.41) is 5.11. The molecule has 0 saturated heterocycles. The average Bonchev–Trinajstić information content (AvgIpc) is 3.79. The molecule has 0 amide bonds. The summed E-state index contributed by atoms with van der Waals surface area (Å²) < 4.78 is 4.78. The molecule has 0 atom stereocenters. The Kier molecular flexibility index (Phi) is 7.94. The molecule has 0 fully saturated rings. The van der Waals surface area contributed by atoms with Crippen LogP contribution in [0.2, 0.25) is 0 Å². The van der Waals surface area contributed by atoms with E-state index in [9.17, 15) is 0 Å². The summed E-state index contributed by atoms with van der Waals surface area (Å²) in [6.07, 6.45) is 3.94. The number of rotatable bonds is 6. The molecule has 3 heterocycles. The van der Waals surface area contributed by atoms with E-state index >= 15 is 0 Å². The van der Waals surface area contributed by atoms with Crippen molar-refractivity contribution in [2.24, 2.45) is 0 Å². The van der Waals surface area contributed by atoms with Crippen LogP contribution in [0.3, 0.4) is 0 Å². The van der Waals surface area contributed by atoms with Gasteiger partial charge in [-0.3, -0.25) is 4.98 Å². The van der Waals surface area contributed by atoms with Gasteiger partial charge in [-0.05, 0) is 126 Å². The number of fused-ring (bicyclic) bond motifs is 6. The molecule has 3 aromatic heterocycles. The van der Waals surface area contributed by atoms with Crippen LogP contribution < -0.4 is 0 Å². The van der Waals surface area contributed by atoms with Crippen molar-refractivity contribution in [3.63, 3.8) is 0 Å². The van der Waals surface area contributed by atoms with E-state index in [0.717, 1.165) is 33.6 Å². The van der Waals surface area contributed by atoms with Crippen LogP contribution in [0.4, 0.5) is 0 Å². The Hall–Kier alpha value is -7.49. The van der Waals surface area contributed by atoms with Gasteiger partial charge in [0.05, 0.1) is 22.1 Å². The fourth-order valence-electron chi connectivity index (χ4n) is 8.89. The van der Waals surface area contributed by atoms with Crippen molar-refractivity contribution >= 4 is 43.6 Å². The summed E-state index contributed by atoms with van der Waals surface area (Å²) in [6.45, 7) is 4.33. The third kappa shape index (κ3) is 5.71. The van der Waals surface area contributed by atoms with Crippen LogP contribution >= 0.6 is 0 Å². The van der Waals surface area contributed by atoms with Crippen LogP contribution in [0, 0.1) is 13.8 Å². The molecule has 0 N–H and O–H groups in total. The quantitative estimate of drug-likeness (QED) is 0.166. The van der Waals surface area contributed by atoms with Gasteiger partial charge in [-0.15, -0.1) is 0 Å². The van der Waals surface area contributed by atoms with Crippen molar-refractivity contribution in [2.75, 3.05) is 0 Å². The van der Waals surface area contributed by atoms with E-state index in [0.29, 0.717) is 0 Å². The van der Waals surface area contributed by atoms with Gasteiger partial charge in [0, 0.05) is 56.4 Å². The molecule has 8 aromatic carbocycles. The standard InChI is InChI=1S/C55H39N3/c1-36-23-25-54-50(27-36)48-19-3-5-21-52(48)57(54)46-17-9-15-42(32-46)38-11-7-13-40(29-38)44-31-45(35-56-34-44)41-14-8-12-39(30-41)43-16-10-18-47(33-43)58-53-22-6-4-20-49(53)51-28-37(2)24-26-55(51)58/h3-35H,1-2H3. The first-order valence-electron chi connectivity index (χ1n) is 19.9. The maximum atomic E-state index is 4.76. The van der Waals surface area contributed by atoms with E-state index in [1.165, 1.54) is 77.0 Å². The second kappa shape index (κ2) is 13.6. The maximum Gasteiger partial charge on any atom is 0.0541 e. The van der Waals surface area contributed by atoms with Gasteiger partial charge in [0.2, 0.25) is 0 Å². The molecule has 11 aromatic rings. The Bertz CT molecular complexity index is 3160. The number of nitrogens with zero attached hydrogens (tertiary/aromatic N) is 3. The third-order valence-electron chi connectivity index (χ3n) is 11.7. The zero-order valence-corrected chi connectivity index (χ0v) is 32.4. The first-order chi connectivity index (χ1) is 28.6. The Morgan fingerprint density at radius 2 is 0.655 bits per heavy atom. The van der Waals surface area contributed by atoms with Crippen molar-refractivity contribution in [1.29, 1.82) is 0 Å². The summed E-state index contributed by atoms with van der Waals surface area (Å²) in [7, 11) is 0. The summed E-state index contributed by atoms with van der Waals surface area (Å²) in [5.41, 5.74) is 18.8. The van der Waals surface area contributed by atoms with E-state index < -0.39 is 0 Å². The minimum absolute atomic E-state index is 1.09. The van der Waals surface area contributed by atoms with Gasteiger partial charge < -0.3 is 9.13 Å². The van der Waals surface area contributed by atoms with Gasteiger partial charge in [0.1, 0.15) is 0 Å². The minimum Gasteiger partial charge on any atom is -0.309 e. The van der Waals surface area contributed by atoms with Crippen LogP contribution in [0.15, 0.2) is 200 Å². The molecule has 0 saturated carbocycles. The van der Waals surface area contributed by atoms with Crippen molar-refractivity contribution in [3.8, 4) is 55.9 Å². The van der Waals surface area contributed by atoms with Crippen LogP contribution in [0.5, 0.6) is 0 Å². The van der Waals surface area contributed by atoms with Gasteiger partial charge in [-0.25, -0.2) is 0 Å². The average molecular weight is 742 g/mol. The molecule has 0 radical (unpaired) electrons. The molecule has 0 aliphatic heterocycles. The van der Waals surface area contributed by atoms with E-state index in [1.54, 1.807) is 0 Å². The number of aryl methyl sites for hydroxylation is 2. The summed E-state index contributed by atoms with van der Waals surface area (Å²) in [6, 6.07) is 68.6. The second-order valence-electron chi connectivity index (χ2n) is 15.5. The molecule has 3 heteroatoms. The lowest BCUT2D eigenvalue weighted by Crippen LogP contribution is -1.94. The molecule has 0 aliphatic carbocycles. The molecular weight excluding hydrogens is 703 g/mol. The van der Waals surface area contributed by atoms with Crippen LogP contribution in [-0.2, 0) is 0 Å². The van der Waals surface area contributed by atoms with Crippen molar-refractivity contribution in [2.45, 2.75) is 13.8 Å². The fraction of sp³-hybridized carbons (Fsp3) is 0.0364. The SMILES string of the molecule is Cc1ccc2c(c1)c1ccccc1n2-c1cccc(-c2cccc(-c3cncc(-c4cccc(-c5cccc(-n6c7ccccc7c7cc(C)ccc76)c5)c4)c3)c2)c1. The largest absolute Gasteiger partial charge is 0.309 e. The maximum absolute atomic E-state index is 4.76. The Morgan fingerprint density at radius 3 is 1.12 bits per heavy atom. The van der Waals surface area contributed by atoms with Gasteiger partial charge in [0.25, 0.3) is 0 Å². The fourth-order valence-corrected chi connectivity index (χ4v) is 8.89. The number of para-hydroxylation sites is 2. The monoisotopic (exact) mass is 741 g/mol.